The van der Waals surface area contributed by atoms with Crippen molar-refractivity contribution in [2.45, 2.75) is 19.3 Å². The maximum absolute atomic E-state index is 13.3. The van der Waals surface area contributed by atoms with Gasteiger partial charge in [0.15, 0.2) is 11.5 Å². The molecule has 1 atom stereocenters. The van der Waals surface area contributed by atoms with Gasteiger partial charge in [-0.25, -0.2) is 4.39 Å². The minimum atomic E-state index is -0.452. The number of rotatable bonds is 3. The number of benzene rings is 2. The molecule has 0 bridgehead atoms. The molecule has 4 rings (SSSR count). The van der Waals surface area contributed by atoms with E-state index in [9.17, 15) is 14.0 Å². The Labute approximate surface area is 161 Å². The number of ether oxygens (including phenoxy) is 2. The van der Waals surface area contributed by atoms with Crippen molar-refractivity contribution in [2.24, 2.45) is 0 Å². The molecule has 0 fully saturated rings. The summed E-state index contributed by atoms with van der Waals surface area (Å²) in [5, 5.41) is 5.48. The van der Waals surface area contributed by atoms with Crippen molar-refractivity contribution in [1.29, 1.82) is 0 Å². The number of carbonyl (C=O) groups is 2. The molecule has 2 aromatic carbocycles. The van der Waals surface area contributed by atoms with Crippen molar-refractivity contribution in [3.8, 4) is 11.5 Å². The minimum absolute atomic E-state index is 0.116. The Morgan fingerprint density at radius 2 is 1.82 bits per heavy atom. The minimum Gasteiger partial charge on any atom is -0.486 e. The number of fused-ring (bicyclic) bond motifs is 1. The molecule has 2 amide bonds. The van der Waals surface area contributed by atoms with E-state index in [4.69, 9.17) is 9.47 Å². The lowest BCUT2D eigenvalue weighted by Crippen LogP contribution is -2.32. The van der Waals surface area contributed by atoms with Crippen molar-refractivity contribution in [3.05, 3.63) is 65.1 Å². The van der Waals surface area contributed by atoms with Gasteiger partial charge in [-0.15, -0.1) is 0 Å². The third-order valence-electron chi connectivity index (χ3n) is 4.83. The quantitative estimate of drug-likeness (QED) is 0.856. The van der Waals surface area contributed by atoms with Gasteiger partial charge < -0.3 is 20.1 Å². The predicted molar refractivity (Wildman–Crippen MR) is 101 cm³/mol. The van der Waals surface area contributed by atoms with Gasteiger partial charge in [-0.1, -0.05) is 12.1 Å². The van der Waals surface area contributed by atoms with E-state index in [0.717, 1.165) is 5.56 Å². The number of hydrogen-bond donors (Lipinski definition) is 2. The number of amides is 2. The summed E-state index contributed by atoms with van der Waals surface area (Å²) in [5.41, 5.74) is 2.54. The van der Waals surface area contributed by atoms with Crippen LogP contribution in [0.1, 0.15) is 23.5 Å². The normalized spacial score (nSPS) is 18.1. The molecule has 7 heteroatoms. The fourth-order valence-corrected chi connectivity index (χ4v) is 3.35. The van der Waals surface area contributed by atoms with Crippen molar-refractivity contribution >= 4 is 17.5 Å². The molecule has 0 radical (unpaired) electrons. The third kappa shape index (κ3) is 3.55. The SMILES string of the molecule is Cc1cc2c(cc1NC(=O)C1=CNC(=O)C[C@H]1c1ccc(F)cc1)OCCO2. The highest BCUT2D eigenvalue weighted by Crippen LogP contribution is 2.36. The Morgan fingerprint density at radius 1 is 1.14 bits per heavy atom. The van der Waals surface area contributed by atoms with Gasteiger partial charge in [-0.2, -0.15) is 0 Å². The molecule has 2 heterocycles. The summed E-state index contributed by atoms with van der Waals surface area (Å²) in [5.74, 6) is -0.128. The monoisotopic (exact) mass is 382 g/mol. The molecule has 0 aliphatic carbocycles. The van der Waals surface area contributed by atoms with Crippen LogP contribution in [-0.4, -0.2) is 25.0 Å². The molecular formula is C21H19FN2O4. The van der Waals surface area contributed by atoms with Gasteiger partial charge in [-0.05, 0) is 36.2 Å². The van der Waals surface area contributed by atoms with Gasteiger partial charge in [0.25, 0.3) is 5.91 Å². The Morgan fingerprint density at radius 3 is 2.54 bits per heavy atom. The highest BCUT2D eigenvalue weighted by atomic mass is 19.1. The Hall–Kier alpha value is -3.35. The molecule has 2 aliphatic rings. The van der Waals surface area contributed by atoms with E-state index < -0.39 is 5.92 Å². The van der Waals surface area contributed by atoms with Crippen LogP contribution in [0.5, 0.6) is 11.5 Å². The van der Waals surface area contributed by atoms with Crippen molar-refractivity contribution in [2.75, 3.05) is 18.5 Å². The van der Waals surface area contributed by atoms with E-state index in [0.29, 0.717) is 41.5 Å². The molecule has 2 N–H and O–H groups in total. The summed E-state index contributed by atoms with van der Waals surface area (Å²) in [6.07, 6.45) is 1.54. The van der Waals surface area contributed by atoms with Gasteiger partial charge in [0.05, 0.1) is 0 Å². The molecule has 0 aromatic heterocycles. The first-order valence-corrected chi connectivity index (χ1v) is 8.98. The van der Waals surface area contributed by atoms with Crippen molar-refractivity contribution in [1.82, 2.24) is 5.32 Å². The second kappa shape index (κ2) is 7.34. The summed E-state index contributed by atoms with van der Waals surface area (Å²) in [6, 6.07) is 9.38. The lowest BCUT2D eigenvalue weighted by Gasteiger charge is -2.25. The maximum Gasteiger partial charge on any atom is 0.253 e. The van der Waals surface area contributed by atoms with Crippen LogP contribution in [0, 0.1) is 12.7 Å². The average Bonchev–Trinajstić information content (AvgIpc) is 2.69. The molecule has 28 heavy (non-hydrogen) atoms. The number of carbonyl (C=O) groups excluding carboxylic acids is 2. The molecular weight excluding hydrogens is 363 g/mol. The number of aryl methyl sites for hydroxylation is 1. The largest absolute Gasteiger partial charge is 0.486 e. The maximum atomic E-state index is 13.3. The second-order valence-electron chi connectivity index (χ2n) is 6.74. The fourth-order valence-electron chi connectivity index (χ4n) is 3.35. The van der Waals surface area contributed by atoms with Crippen LogP contribution in [0.3, 0.4) is 0 Å². The lowest BCUT2D eigenvalue weighted by molar-refractivity contribution is -0.121. The standard InChI is InChI=1S/C21H19FN2O4/c1-12-8-18-19(28-7-6-27-18)10-17(12)24-21(26)16-11-23-20(25)9-15(16)13-2-4-14(22)5-3-13/h2-5,8,10-11,15H,6-7,9H2,1H3,(H,23,25)(H,24,26)/t15-/m0/s1. The summed E-state index contributed by atoms with van der Waals surface area (Å²) in [7, 11) is 0. The summed E-state index contributed by atoms with van der Waals surface area (Å²) in [6.45, 7) is 2.81. The fraction of sp³-hybridized carbons (Fsp3) is 0.238. The molecule has 0 saturated carbocycles. The Balaban J connectivity index is 1.61. The van der Waals surface area contributed by atoms with Crippen LogP contribution in [0.25, 0.3) is 0 Å². The molecule has 144 valence electrons. The Kier molecular flexibility index (Phi) is 4.73. The third-order valence-corrected chi connectivity index (χ3v) is 4.83. The zero-order valence-electron chi connectivity index (χ0n) is 15.3. The molecule has 0 spiro atoms. The van der Waals surface area contributed by atoms with Crippen LogP contribution < -0.4 is 20.1 Å². The van der Waals surface area contributed by atoms with Crippen LogP contribution in [0.2, 0.25) is 0 Å². The van der Waals surface area contributed by atoms with E-state index >= 15 is 0 Å². The summed E-state index contributed by atoms with van der Waals surface area (Å²) in [4.78, 5) is 24.8. The number of nitrogens with one attached hydrogen (secondary N) is 2. The molecule has 2 aliphatic heterocycles. The van der Waals surface area contributed by atoms with Crippen molar-refractivity contribution in [3.63, 3.8) is 0 Å². The topological polar surface area (TPSA) is 76.7 Å². The predicted octanol–water partition coefficient (Wildman–Crippen LogP) is 3.03. The van der Waals surface area contributed by atoms with Crippen LogP contribution in [0.15, 0.2) is 48.2 Å². The van der Waals surface area contributed by atoms with E-state index in [1.54, 1.807) is 18.2 Å². The Bertz CT molecular complexity index is 969. The van der Waals surface area contributed by atoms with Gasteiger partial charge in [0, 0.05) is 35.9 Å². The molecule has 6 nitrogen and oxygen atoms in total. The molecule has 0 saturated heterocycles. The zero-order valence-corrected chi connectivity index (χ0v) is 15.3. The van der Waals surface area contributed by atoms with Crippen molar-refractivity contribution < 1.29 is 23.5 Å². The van der Waals surface area contributed by atoms with E-state index in [1.165, 1.54) is 18.3 Å². The van der Waals surface area contributed by atoms with Gasteiger partial charge in [-0.3, -0.25) is 9.59 Å². The number of anilines is 1. The first kappa shape index (κ1) is 18.0. The number of hydrogen-bond acceptors (Lipinski definition) is 4. The lowest BCUT2D eigenvalue weighted by atomic mass is 9.86. The summed E-state index contributed by atoms with van der Waals surface area (Å²) >= 11 is 0. The highest BCUT2D eigenvalue weighted by Gasteiger charge is 2.29. The van der Waals surface area contributed by atoms with Crippen LogP contribution in [-0.2, 0) is 9.59 Å². The van der Waals surface area contributed by atoms with Gasteiger partial charge in [0.1, 0.15) is 19.0 Å². The highest BCUT2D eigenvalue weighted by molar-refractivity contribution is 6.06. The van der Waals surface area contributed by atoms with E-state index in [-0.39, 0.29) is 24.1 Å². The first-order valence-electron chi connectivity index (χ1n) is 8.98. The van der Waals surface area contributed by atoms with E-state index in [2.05, 4.69) is 10.6 Å². The summed E-state index contributed by atoms with van der Waals surface area (Å²) < 4.78 is 24.4. The second-order valence-corrected chi connectivity index (χ2v) is 6.74. The van der Waals surface area contributed by atoms with Crippen LogP contribution >= 0.6 is 0 Å². The average molecular weight is 382 g/mol. The zero-order chi connectivity index (χ0) is 19.7. The van der Waals surface area contributed by atoms with Gasteiger partial charge >= 0.3 is 0 Å². The number of halogens is 1. The van der Waals surface area contributed by atoms with Crippen LogP contribution in [0.4, 0.5) is 10.1 Å². The van der Waals surface area contributed by atoms with E-state index in [1.807, 2.05) is 13.0 Å². The molecule has 0 unspecified atom stereocenters. The first-order chi connectivity index (χ1) is 13.5. The smallest absolute Gasteiger partial charge is 0.253 e. The van der Waals surface area contributed by atoms with Gasteiger partial charge in [0.2, 0.25) is 5.91 Å². The molecule has 2 aromatic rings.